The molecule has 2 rings (SSSR count). The Hall–Kier alpha value is -0.650. The van der Waals surface area contributed by atoms with Gasteiger partial charge in [0.15, 0.2) is 0 Å². The van der Waals surface area contributed by atoms with Gasteiger partial charge in [0.2, 0.25) is 5.91 Å². The zero-order valence-electron chi connectivity index (χ0n) is 11.8. The van der Waals surface area contributed by atoms with Gasteiger partial charge in [0.1, 0.15) is 6.61 Å². The van der Waals surface area contributed by atoms with E-state index in [-0.39, 0.29) is 24.7 Å². The van der Waals surface area contributed by atoms with Crippen molar-refractivity contribution in [2.75, 3.05) is 26.3 Å². The molecule has 2 aliphatic rings. The van der Waals surface area contributed by atoms with Gasteiger partial charge in [0.25, 0.3) is 0 Å². The standard InChI is InChI=1S/C14H26N2O3/c1-11-7-15-8-13(19-11)9-18-10-14(17)16-12-5-3-2-4-6-12/h11-13,15H,2-10H2,1H3,(H,16,17). The smallest absolute Gasteiger partial charge is 0.246 e. The van der Waals surface area contributed by atoms with Crippen molar-refractivity contribution in [3.63, 3.8) is 0 Å². The van der Waals surface area contributed by atoms with Crippen LogP contribution < -0.4 is 10.6 Å². The lowest BCUT2D eigenvalue weighted by molar-refractivity contribution is -0.129. The highest BCUT2D eigenvalue weighted by Crippen LogP contribution is 2.17. The molecule has 0 spiro atoms. The molecule has 0 aromatic heterocycles. The van der Waals surface area contributed by atoms with E-state index in [0.29, 0.717) is 12.6 Å². The van der Waals surface area contributed by atoms with Crippen LogP contribution in [0.15, 0.2) is 0 Å². The van der Waals surface area contributed by atoms with Gasteiger partial charge < -0.3 is 20.1 Å². The van der Waals surface area contributed by atoms with Crippen molar-refractivity contribution in [1.82, 2.24) is 10.6 Å². The topological polar surface area (TPSA) is 59.6 Å². The highest BCUT2D eigenvalue weighted by atomic mass is 16.5. The van der Waals surface area contributed by atoms with Crippen LogP contribution in [0.25, 0.3) is 0 Å². The summed E-state index contributed by atoms with van der Waals surface area (Å²) in [6.45, 7) is 4.35. The van der Waals surface area contributed by atoms with Gasteiger partial charge in [-0.15, -0.1) is 0 Å². The molecule has 5 nitrogen and oxygen atoms in total. The molecule has 0 aromatic carbocycles. The molecule has 1 aliphatic heterocycles. The van der Waals surface area contributed by atoms with Crippen molar-refractivity contribution in [2.45, 2.75) is 57.3 Å². The van der Waals surface area contributed by atoms with E-state index in [2.05, 4.69) is 10.6 Å². The van der Waals surface area contributed by atoms with Gasteiger partial charge in [-0.2, -0.15) is 0 Å². The van der Waals surface area contributed by atoms with Gasteiger partial charge >= 0.3 is 0 Å². The first-order valence-electron chi connectivity index (χ1n) is 7.47. The zero-order chi connectivity index (χ0) is 13.5. The summed E-state index contributed by atoms with van der Waals surface area (Å²) in [6, 6.07) is 0.359. The quantitative estimate of drug-likeness (QED) is 0.777. The molecular formula is C14H26N2O3. The van der Waals surface area contributed by atoms with Crippen LogP contribution in [0.1, 0.15) is 39.0 Å². The Bertz CT molecular complexity index is 280. The average Bonchev–Trinajstić information content (AvgIpc) is 2.40. The molecule has 2 fully saturated rings. The summed E-state index contributed by atoms with van der Waals surface area (Å²) >= 11 is 0. The van der Waals surface area contributed by atoms with Crippen LogP contribution in [0, 0.1) is 0 Å². The predicted octanol–water partition coefficient (Wildman–Crippen LogP) is 0.829. The molecular weight excluding hydrogens is 244 g/mol. The molecule has 2 atom stereocenters. The van der Waals surface area contributed by atoms with Crippen LogP contribution in [0.5, 0.6) is 0 Å². The molecule has 2 N–H and O–H groups in total. The Balaban J connectivity index is 1.55. The second kappa shape index (κ2) is 7.82. The Kier molecular flexibility index (Phi) is 6.07. The third-order valence-electron chi connectivity index (χ3n) is 3.74. The number of carbonyl (C=O) groups excluding carboxylic acids is 1. The lowest BCUT2D eigenvalue weighted by Gasteiger charge is -2.28. The number of rotatable bonds is 5. The Morgan fingerprint density at radius 3 is 2.84 bits per heavy atom. The third kappa shape index (κ3) is 5.47. The van der Waals surface area contributed by atoms with Gasteiger partial charge in [0, 0.05) is 19.1 Å². The second-order valence-corrected chi connectivity index (χ2v) is 5.64. The highest BCUT2D eigenvalue weighted by molar-refractivity contribution is 5.77. The summed E-state index contributed by atoms with van der Waals surface area (Å²) in [4.78, 5) is 11.7. The Morgan fingerprint density at radius 2 is 2.11 bits per heavy atom. The van der Waals surface area contributed by atoms with Crippen LogP contribution >= 0.6 is 0 Å². The molecule has 1 heterocycles. The number of amides is 1. The van der Waals surface area contributed by atoms with Crippen LogP contribution in [0.3, 0.4) is 0 Å². The zero-order valence-corrected chi connectivity index (χ0v) is 11.8. The van der Waals surface area contributed by atoms with Crippen LogP contribution in [-0.4, -0.2) is 50.5 Å². The minimum absolute atomic E-state index is 0.00344. The van der Waals surface area contributed by atoms with Crippen molar-refractivity contribution in [3.05, 3.63) is 0 Å². The summed E-state index contributed by atoms with van der Waals surface area (Å²) in [5.41, 5.74) is 0. The van der Waals surface area contributed by atoms with Gasteiger partial charge in [-0.25, -0.2) is 0 Å². The van der Waals surface area contributed by atoms with E-state index in [1.165, 1.54) is 19.3 Å². The molecule has 5 heteroatoms. The lowest BCUT2D eigenvalue weighted by Crippen LogP contribution is -2.46. The van der Waals surface area contributed by atoms with E-state index in [4.69, 9.17) is 9.47 Å². The number of ether oxygens (including phenoxy) is 2. The number of hydrogen-bond acceptors (Lipinski definition) is 4. The van der Waals surface area contributed by atoms with E-state index in [0.717, 1.165) is 25.9 Å². The minimum atomic E-state index is 0.00344. The highest BCUT2D eigenvalue weighted by Gasteiger charge is 2.20. The molecule has 0 aromatic rings. The summed E-state index contributed by atoms with van der Waals surface area (Å²) in [5.74, 6) is 0.00344. The minimum Gasteiger partial charge on any atom is -0.370 e. The largest absolute Gasteiger partial charge is 0.370 e. The summed E-state index contributed by atoms with van der Waals surface area (Å²) in [5, 5.41) is 6.33. The van der Waals surface area contributed by atoms with Crippen molar-refractivity contribution >= 4 is 5.91 Å². The maximum absolute atomic E-state index is 11.7. The van der Waals surface area contributed by atoms with Crippen LogP contribution in [-0.2, 0) is 14.3 Å². The molecule has 110 valence electrons. The monoisotopic (exact) mass is 270 g/mol. The molecule has 2 unspecified atom stereocenters. The first-order valence-corrected chi connectivity index (χ1v) is 7.47. The SMILES string of the molecule is CC1CNCC(COCC(=O)NC2CCCCC2)O1. The van der Waals surface area contributed by atoms with Crippen molar-refractivity contribution < 1.29 is 14.3 Å². The maximum atomic E-state index is 11.7. The summed E-state index contributed by atoms with van der Waals surface area (Å²) in [7, 11) is 0. The number of hydrogen-bond donors (Lipinski definition) is 2. The molecule has 0 bridgehead atoms. The fourth-order valence-electron chi connectivity index (χ4n) is 2.77. The molecule has 1 saturated heterocycles. The van der Waals surface area contributed by atoms with Gasteiger partial charge in [0.05, 0.1) is 18.8 Å². The number of nitrogens with one attached hydrogen (secondary N) is 2. The second-order valence-electron chi connectivity index (χ2n) is 5.64. The van der Waals surface area contributed by atoms with E-state index in [1.54, 1.807) is 0 Å². The van der Waals surface area contributed by atoms with Gasteiger partial charge in [-0.3, -0.25) is 4.79 Å². The molecule has 1 aliphatic carbocycles. The molecule has 1 amide bonds. The number of morpholine rings is 1. The Morgan fingerprint density at radius 1 is 1.32 bits per heavy atom. The van der Waals surface area contributed by atoms with E-state index in [9.17, 15) is 4.79 Å². The maximum Gasteiger partial charge on any atom is 0.246 e. The van der Waals surface area contributed by atoms with Crippen molar-refractivity contribution in [1.29, 1.82) is 0 Å². The fourth-order valence-corrected chi connectivity index (χ4v) is 2.77. The fraction of sp³-hybridized carbons (Fsp3) is 0.929. The average molecular weight is 270 g/mol. The number of carbonyl (C=O) groups is 1. The first kappa shape index (κ1) is 14.8. The van der Waals surface area contributed by atoms with Crippen molar-refractivity contribution in [3.8, 4) is 0 Å². The molecule has 19 heavy (non-hydrogen) atoms. The third-order valence-corrected chi connectivity index (χ3v) is 3.74. The normalized spacial score (nSPS) is 29.1. The molecule has 0 radical (unpaired) electrons. The van der Waals surface area contributed by atoms with E-state index in [1.807, 2.05) is 6.92 Å². The van der Waals surface area contributed by atoms with Crippen LogP contribution in [0.2, 0.25) is 0 Å². The van der Waals surface area contributed by atoms with Gasteiger partial charge in [-0.05, 0) is 19.8 Å². The van der Waals surface area contributed by atoms with Crippen LogP contribution in [0.4, 0.5) is 0 Å². The van der Waals surface area contributed by atoms with E-state index >= 15 is 0 Å². The summed E-state index contributed by atoms with van der Waals surface area (Å²) < 4.78 is 11.1. The lowest BCUT2D eigenvalue weighted by atomic mass is 9.95. The van der Waals surface area contributed by atoms with Crippen molar-refractivity contribution in [2.24, 2.45) is 0 Å². The Labute approximate surface area is 115 Å². The van der Waals surface area contributed by atoms with Gasteiger partial charge in [-0.1, -0.05) is 19.3 Å². The first-order chi connectivity index (χ1) is 9.24. The summed E-state index contributed by atoms with van der Waals surface area (Å²) in [6.07, 6.45) is 6.26. The van der Waals surface area contributed by atoms with E-state index < -0.39 is 0 Å². The predicted molar refractivity (Wildman–Crippen MR) is 73.0 cm³/mol. The molecule has 1 saturated carbocycles.